The molecule has 4 spiro atoms. The average Bonchev–Trinajstić information content (AvgIpc) is 2.04. The molecule has 430 valence electrons. The summed E-state index contributed by atoms with van der Waals surface area (Å²) in [6, 6.07) is 20.9. The number of rotatable bonds is 9. The number of carbonyl (C=O) groups excluding carboxylic acids is 6. The number of carbonyl (C=O) groups is 6. The Bertz CT molecular complexity index is 3790. The Labute approximate surface area is 481 Å². The maximum absolute atomic E-state index is 17.0. The first-order chi connectivity index (χ1) is 40.4. The lowest BCUT2D eigenvalue weighted by Gasteiger charge is -2.49. The van der Waals surface area contributed by atoms with E-state index in [1.807, 2.05) is 43.4 Å². The van der Waals surface area contributed by atoms with E-state index in [0.717, 1.165) is 51.6 Å². The van der Waals surface area contributed by atoms with Gasteiger partial charge in [-0.05, 0) is 191 Å². The molecular formula is C64H60F4N10O6. The monoisotopic (exact) mass is 1140 g/mol. The molecule has 0 saturated carbocycles. The minimum absolute atomic E-state index is 0.123. The van der Waals surface area contributed by atoms with Gasteiger partial charge in [0, 0.05) is 52.6 Å². The van der Waals surface area contributed by atoms with Crippen LogP contribution in [0.3, 0.4) is 0 Å². The number of hydrogen-bond donors (Lipinski definition) is 5. The van der Waals surface area contributed by atoms with Gasteiger partial charge in [0.1, 0.15) is 48.0 Å². The number of pyridine rings is 2. The number of likely N-dealkylation sites (tertiary alicyclic amines) is 3. The van der Waals surface area contributed by atoms with Crippen LogP contribution in [0.15, 0.2) is 103 Å². The summed E-state index contributed by atoms with van der Waals surface area (Å²) in [6.45, 7) is 0.433. The van der Waals surface area contributed by atoms with Crippen LogP contribution in [0, 0.1) is 28.7 Å². The molecule has 5 N–H and O–H groups in total. The first-order valence-corrected chi connectivity index (χ1v) is 28.8. The second-order valence-corrected chi connectivity index (χ2v) is 24.6. The third-order valence-electron chi connectivity index (χ3n) is 19.8. The van der Waals surface area contributed by atoms with Gasteiger partial charge in [-0.3, -0.25) is 34.1 Å². The summed E-state index contributed by atoms with van der Waals surface area (Å²) < 4.78 is 63.7. The summed E-state index contributed by atoms with van der Waals surface area (Å²) in [4.78, 5) is 98.7. The van der Waals surface area contributed by atoms with Crippen molar-refractivity contribution in [2.75, 3.05) is 54.5 Å². The van der Waals surface area contributed by atoms with E-state index in [4.69, 9.17) is 0 Å². The molecule has 8 aliphatic rings. The van der Waals surface area contributed by atoms with E-state index in [9.17, 15) is 32.8 Å². The van der Waals surface area contributed by atoms with Crippen LogP contribution >= 0.6 is 0 Å². The molecule has 16 nitrogen and oxygen atoms in total. The van der Waals surface area contributed by atoms with E-state index in [1.165, 1.54) is 21.9 Å². The zero-order valence-electron chi connectivity index (χ0n) is 46.1. The highest BCUT2D eigenvalue weighted by molar-refractivity contribution is 6.07. The van der Waals surface area contributed by atoms with Gasteiger partial charge in [0.05, 0.1) is 33.9 Å². The Morgan fingerprint density at radius 2 is 1.07 bits per heavy atom. The van der Waals surface area contributed by atoms with E-state index < -0.39 is 87.4 Å². The fourth-order valence-electron chi connectivity index (χ4n) is 15.5. The molecule has 20 heteroatoms. The fourth-order valence-corrected chi connectivity index (χ4v) is 15.5. The van der Waals surface area contributed by atoms with E-state index in [1.54, 1.807) is 36.7 Å². The number of aromatic nitrogens is 2. The highest BCUT2D eigenvalue weighted by atomic mass is 19.1. The van der Waals surface area contributed by atoms with Crippen molar-refractivity contribution in [2.24, 2.45) is 5.41 Å². The molecule has 6 unspecified atom stereocenters. The largest absolute Gasteiger partial charge is 0.326 e. The summed E-state index contributed by atoms with van der Waals surface area (Å²) >= 11 is 0. The topological polar surface area (TPSA) is 198 Å². The van der Waals surface area contributed by atoms with Crippen molar-refractivity contribution in [1.29, 1.82) is 0 Å². The van der Waals surface area contributed by atoms with Gasteiger partial charge >= 0.3 is 0 Å². The first kappa shape index (κ1) is 53.6. The van der Waals surface area contributed by atoms with Gasteiger partial charge in [0.25, 0.3) is 0 Å². The number of halogens is 4. The quantitative estimate of drug-likeness (QED) is 0.0881. The highest BCUT2D eigenvalue weighted by Gasteiger charge is 2.55. The zero-order valence-corrected chi connectivity index (χ0v) is 46.1. The Kier molecular flexibility index (Phi) is 12.7. The maximum atomic E-state index is 17.0. The van der Waals surface area contributed by atoms with Gasteiger partial charge in [-0.2, -0.15) is 0 Å². The highest BCUT2D eigenvalue weighted by Crippen LogP contribution is 2.51. The molecule has 8 heterocycles. The maximum Gasteiger partial charge on any atom is 0.244 e. The van der Waals surface area contributed by atoms with Crippen LogP contribution in [-0.4, -0.2) is 98.9 Å². The normalized spacial score (nSPS) is 26.4. The molecule has 6 atom stereocenters. The van der Waals surface area contributed by atoms with E-state index in [2.05, 4.69) is 41.5 Å². The summed E-state index contributed by atoms with van der Waals surface area (Å²) in [5.41, 5.74) is 2.41. The Morgan fingerprint density at radius 1 is 0.583 bits per heavy atom. The zero-order chi connectivity index (χ0) is 58.0. The van der Waals surface area contributed by atoms with Gasteiger partial charge in [-0.1, -0.05) is 24.3 Å². The average molecular weight is 1140 g/mol. The lowest BCUT2D eigenvalue weighted by atomic mass is 9.69. The van der Waals surface area contributed by atoms with Crippen molar-refractivity contribution < 1.29 is 46.3 Å². The SMILES string of the molecule is CN1CCC2(CCC(c3cc(F)c(C4CCC5(CCC(c6cc(F)cc(F)c6)N(CC(=O)Nc6ccc7c(c6)CC6(C7)C(=O)Nc7ncccc76)C5=O)N4)c(F)c3)N(CC(=O)Nc3ccc4c(c3)CC3(C4)C(=O)Nc4ncccc43)C2=O)CC1. The van der Waals surface area contributed by atoms with Crippen LogP contribution in [0.4, 0.5) is 40.6 Å². The van der Waals surface area contributed by atoms with Crippen LogP contribution in [-0.2, 0) is 65.3 Å². The number of amides is 6. The van der Waals surface area contributed by atoms with Crippen LogP contribution in [0.5, 0.6) is 0 Å². The molecule has 6 aromatic rings. The lowest BCUT2D eigenvalue weighted by molar-refractivity contribution is -0.156. The Balaban J connectivity index is 0.694. The molecule has 6 aliphatic heterocycles. The second-order valence-electron chi connectivity index (χ2n) is 24.6. The third kappa shape index (κ3) is 8.76. The summed E-state index contributed by atoms with van der Waals surface area (Å²) in [5.74, 6) is -4.64. The molecule has 0 bridgehead atoms. The number of fused-ring (bicyclic) bond motifs is 6. The summed E-state index contributed by atoms with van der Waals surface area (Å²) in [5, 5.41) is 15.0. The lowest BCUT2D eigenvalue weighted by Crippen LogP contribution is -2.60. The van der Waals surface area contributed by atoms with Crippen molar-refractivity contribution in [3.63, 3.8) is 0 Å². The van der Waals surface area contributed by atoms with E-state index in [-0.39, 0.29) is 66.6 Å². The van der Waals surface area contributed by atoms with Crippen LogP contribution < -0.4 is 26.6 Å². The van der Waals surface area contributed by atoms with Crippen LogP contribution in [0.25, 0.3) is 0 Å². The van der Waals surface area contributed by atoms with E-state index >= 15 is 13.6 Å². The molecule has 2 aliphatic carbocycles. The minimum Gasteiger partial charge on any atom is -0.326 e. The molecule has 6 amide bonds. The molecular weight excluding hydrogens is 1080 g/mol. The van der Waals surface area contributed by atoms with Gasteiger partial charge in [-0.25, -0.2) is 27.5 Å². The van der Waals surface area contributed by atoms with E-state index in [0.29, 0.717) is 87.5 Å². The van der Waals surface area contributed by atoms with Gasteiger partial charge in [0.15, 0.2) is 0 Å². The van der Waals surface area contributed by atoms with Crippen molar-refractivity contribution in [3.8, 4) is 0 Å². The van der Waals surface area contributed by atoms with Crippen LogP contribution in [0.2, 0.25) is 0 Å². The smallest absolute Gasteiger partial charge is 0.244 e. The Morgan fingerprint density at radius 3 is 1.62 bits per heavy atom. The third-order valence-corrected chi connectivity index (χ3v) is 19.8. The number of benzene rings is 4. The number of nitrogens with one attached hydrogen (secondary N) is 5. The number of anilines is 4. The number of hydrogen-bond acceptors (Lipinski definition) is 10. The predicted octanol–water partition coefficient (Wildman–Crippen LogP) is 8.19. The number of nitrogens with zero attached hydrogens (tertiary/aromatic N) is 5. The first-order valence-electron chi connectivity index (χ1n) is 28.8. The van der Waals surface area contributed by atoms with Crippen molar-refractivity contribution in [2.45, 2.75) is 112 Å². The summed E-state index contributed by atoms with van der Waals surface area (Å²) in [7, 11) is 1.99. The minimum atomic E-state index is -1.41. The number of piperidine rings is 3. The van der Waals surface area contributed by atoms with Crippen molar-refractivity contribution >= 4 is 58.5 Å². The molecule has 0 radical (unpaired) electrons. The summed E-state index contributed by atoms with van der Waals surface area (Å²) in [6.07, 6.45) is 7.43. The van der Waals surface area contributed by atoms with Crippen molar-refractivity contribution in [1.82, 2.24) is 30.0 Å². The molecule has 4 aromatic carbocycles. The second kappa shape index (κ2) is 19.9. The molecule has 84 heavy (non-hydrogen) atoms. The molecule has 4 saturated heterocycles. The van der Waals surface area contributed by atoms with Crippen LogP contribution in [0.1, 0.15) is 120 Å². The van der Waals surface area contributed by atoms with Gasteiger partial charge in [0.2, 0.25) is 35.4 Å². The molecule has 4 fully saturated rings. The van der Waals surface area contributed by atoms with Crippen molar-refractivity contribution in [3.05, 3.63) is 177 Å². The molecule has 14 rings (SSSR count). The molecule has 2 aromatic heterocycles. The van der Waals surface area contributed by atoms with Gasteiger partial charge < -0.3 is 36.0 Å². The van der Waals surface area contributed by atoms with Gasteiger partial charge in [-0.15, -0.1) is 0 Å². The fraction of sp³-hybridized carbons (Fsp3) is 0.375. The standard InChI is InChI=1S/C64H60F4N10O6/c1-76-20-16-61(17-21-76)13-11-50(77(59(61)83)33-52(79)71-43-8-6-35-29-62(31-39(35)24-43)45-4-2-18-69-55(45)73-57(62)81)38-26-47(67)54(48(68)27-38)49-10-14-64(75-49)15-12-51(37-22-41(65)28-42(66)23-37)78(60(64)84)34-53(80)72-44-9-7-36-30-63(32-40(36)25-44)46-5-3-19-70-56(46)74-58(63)82/h2-9,18-19,22-28,49-51,75H,10-17,20-21,29-34H2,1H3,(H,71,79)(H,72,80)(H,69,73,81)(H,70,74,82). The predicted molar refractivity (Wildman–Crippen MR) is 301 cm³/mol. The Hall–Kier alpha value is -8.36.